The minimum absolute atomic E-state index is 0.115. The lowest BCUT2D eigenvalue weighted by Crippen LogP contribution is -2.05. The Bertz CT molecular complexity index is 935. The summed E-state index contributed by atoms with van der Waals surface area (Å²) in [6.07, 6.45) is 1.96. The Morgan fingerprint density at radius 1 is 0.485 bits per heavy atom. The summed E-state index contributed by atoms with van der Waals surface area (Å²) in [5.74, 6) is 1.99. The van der Waals surface area contributed by atoms with Gasteiger partial charge in [-0.15, -0.1) is 0 Å². The number of fused-ring (bicyclic) bond motifs is 3. The standard InChI is InChI=1S/C27H30O6/c1-31-25-10-19-6-21-12-27(33-3)26(32-2)11-20(21)5-17-8-23(14-29)22(13-28)7-16(17)4-18(19)9-24(25)15-30/h7-12,28-30H,4-6,13-15H2,1-3H3. The van der Waals surface area contributed by atoms with Crippen LogP contribution in [0.15, 0.2) is 36.4 Å². The molecule has 3 aromatic rings. The molecule has 3 aromatic carbocycles. The molecule has 1 aliphatic carbocycles. The van der Waals surface area contributed by atoms with Crippen molar-refractivity contribution in [3.63, 3.8) is 0 Å². The van der Waals surface area contributed by atoms with Crippen LogP contribution in [-0.4, -0.2) is 36.6 Å². The fraction of sp³-hybridized carbons (Fsp3) is 0.333. The molecule has 0 radical (unpaired) electrons. The van der Waals surface area contributed by atoms with Crippen LogP contribution in [0, 0.1) is 0 Å². The van der Waals surface area contributed by atoms with Crippen molar-refractivity contribution in [2.75, 3.05) is 21.3 Å². The molecule has 6 heteroatoms. The molecule has 0 aromatic heterocycles. The highest BCUT2D eigenvalue weighted by atomic mass is 16.5. The predicted octanol–water partition coefficient (Wildman–Crippen LogP) is 3.28. The van der Waals surface area contributed by atoms with Crippen molar-refractivity contribution in [3.05, 3.63) is 86.5 Å². The number of aliphatic hydroxyl groups is 3. The predicted molar refractivity (Wildman–Crippen MR) is 125 cm³/mol. The largest absolute Gasteiger partial charge is 0.496 e. The van der Waals surface area contributed by atoms with E-state index >= 15 is 0 Å². The van der Waals surface area contributed by atoms with Crippen LogP contribution in [0.25, 0.3) is 0 Å². The first-order valence-corrected chi connectivity index (χ1v) is 10.9. The fourth-order valence-corrected chi connectivity index (χ4v) is 4.68. The van der Waals surface area contributed by atoms with Crippen molar-refractivity contribution < 1.29 is 29.5 Å². The highest BCUT2D eigenvalue weighted by Crippen LogP contribution is 2.37. The van der Waals surface area contributed by atoms with Gasteiger partial charge in [0.2, 0.25) is 0 Å². The van der Waals surface area contributed by atoms with Gasteiger partial charge in [0, 0.05) is 5.56 Å². The van der Waals surface area contributed by atoms with Crippen molar-refractivity contribution in [1.82, 2.24) is 0 Å². The Morgan fingerprint density at radius 2 is 0.788 bits per heavy atom. The Balaban J connectivity index is 1.99. The third-order valence-corrected chi connectivity index (χ3v) is 6.48. The summed E-state index contributed by atoms with van der Waals surface area (Å²) >= 11 is 0. The maximum absolute atomic E-state index is 9.89. The smallest absolute Gasteiger partial charge is 0.161 e. The van der Waals surface area contributed by atoms with Gasteiger partial charge in [-0.3, -0.25) is 0 Å². The van der Waals surface area contributed by atoms with Gasteiger partial charge in [0.05, 0.1) is 41.2 Å². The van der Waals surface area contributed by atoms with Crippen molar-refractivity contribution in [2.24, 2.45) is 0 Å². The van der Waals surface area contributed by atoms with Crippen LogP contribution < -0.4 is 14.2 Å². The summed E-state index contributed by atoms with van der Waals surface area (Å²) in [5, 5.41) is 29.6. The van der Waals surface area contributed by atoms with Crippen LogP contribution in [0.2, 0.25) is 0 Å². The maximum atomic E-state index is 9.89. The summed E-state index contributed by atoms with van der Waals surface area (Å²) in [7, 11) is 4.86. The number of aliphatic hydroxyl groups excluding tert-OH is 3. The van der Waals surface area contributed by atoms with Gasteiger partial charge in [-0.1, -0.05) is 12.1 Å². The lowest BCUT2D eigenvalue weighted by atomic mass is 9.90. The van der Waals surface area contributed by atoms with E-state index in [1.165, 1.54) is 0 Å². The molecule has 0 unspecified atom stereocenters. The molecule has 0 atom stereocenters. The van der Waals surface area contributed by atoms with Crippen LogP contribution in [0.3, 0.4) is 0 Å². The highest BCUT2D eigenvalue weighted by molar-refractivity contribution is 5.55. The highest BCUT2D eigenvalue weighted by Gasteiger charge is 2.21. The van der Waals surface area contributed by atoms with Gasteiger partial charge in [-0.05, 0) is 88.0 Å². The second-order valence-electron chi connectivity index (χ2n) is 8.30. The van der Waals surface area contributed by atoms with Crippen LogP contribution in [0.5, 0.6) is 17.2 Å². The van der Waals surface area contributed by atoms with Crippen molar-refractivity contribution in [3.8, 4) is 17.2 Å². The van der Waals surface area contributed by atoms with Crippen LogP contribution in [0.1, 0.15) is 50.1 Å². The van der Waals surface area contributed by atoms with Crippen molar-refractivity contribution in [2.45, 2.75) is 39.1 Å². The fourth-order valence-electron chi connectivity index (χ4n) is 4.68. The topological polar surface area (TPSA) is 88.4 Å². The van der Waals surface area contributed by atoms with Gasteiger partial charge in [0.1, 0.15) is 5.75 Å². The number of ether oxygens (including phenoxy) is 3. The van der Waals surface area contributed by atoms with Crippen LogP contribution in [0.4, 0.5) is 0 Å². The third kappa shape index (κ3) is 4.42. The van der Waals surface area contributed by atoms with Gasteiger partial charge in [-0.25, -0.2) is 0 Å². The average Bonchev–Trinajstić information content (AvgIpc) is 2.90. The van der Waals surface area contributed by atoms with Crippen LogP contribution in [-0.2, 0) is 39.1 Å². The summed E-state index contributed by atoms with van der Waals surface area (Å²) < 4.78 is 16.7. The molecule has 174 valence electrons. The molecule has 33 heavy (non-hydrogen) atoms. The Labute approximate surface area is 194 Å². The maximum Gasteiger partial charge on any atom is 0.161 e. The summed E-state index contributed by atoms with van der Waals surface area (Å²) in [4.78, 5) is 0. The summed E-state index contributed by atoms with van der Waals surface area (Å²) in [6, 6.07) is 12.0. The number of hydrogen-bond acceptors (Lipinski definition) is 6. The average molecular weight is 451 g/mol. The van der Waals surface area contributed by atoms with E-state index in [-0.39, 0.29) is 19.8 Å². The molecule has 0 fully saturated rings. The van der Waals surface area contributed by atoms with E-state index in [4.69, 9.17) is 14.2 Å². The monoisotopic (exact) mass is 450 g/mol. The molecule has 0 amide bonds. The molecular formula is C27H30O6. The molecule has 1 aliphatic rings. The van der Waals surface area contributed by atoms with Gasteiger partial charge < -0.3 is 29.5 Å². The minimum atomic E-state index is -0.137. The first-order chi connectivity index (χ1) is 16.0. The zero-order chi connectivity index (χ0) is 23.5. The van der Waals surface area contributed by atoms with Gasteiger partial charge >= 0.3 is 0 Å². The molecule has 0 aliphatic heterocycles. The normalized spacial score (nSPS) is 12.5. The molecule has 0 saturated carbocycles. The second-order valence-corrected chi connectivity index (χ2v) is 8.30. The van der Waals surface area contributed by atoms with Crippen molar-refractivity contribution >= 4 is 0 Å². The van der Waals surface area contributed by atoms with E-state index in [1.54, 1.807) is 21.3 Å². The van der Waals surface area contributed by atoms with Gasteiger partial charge in [-0.2, -0.15) is 0 Å². The second kappa shape index (κ2) is 9.83. The number of hydrogen-bond donors (Lipinski definition) is 3. The molecule has 6 nitrogen and oxygen atoms in total. The molecular weight excluding hydrogens is 420 g/mol. The van der Waals surface area contributed by atoms with E-state index in [0.717, 1.165) is 50.1 Å². The molecule has 4 rings (SSSR count). The zero-order valence-electron chi connectivity index (χ0n) is 19.3. The molecule has 0 saturated heterocycles. The number of rotatable bonds is 6. The molecule has 3 N–H and O–H groups in total. The van der Waals surface area contributed by atoms with E-state index in [2.05, 4.69) is 0 Å². The lowest BCUT2D eigenvalue weighted by Gasteiger charge is -2.17. The minimum Gasteiger partial charge on any atom is -0.496 e. The third-order valence-electron chi connectivity index (χ3n) is 6.48. The zero-order valence-corrected chi connectivity index (χ0v) is 19.3. The van der Waals surface area contributed by atoms with Crippen molar-refractivity contribution in [1.29, 1.82) is 0 Å². The quantitative estimate of drug-likeness (QED) is 0.418. The first-order valence-electron chi connectivity index (χ1n) is 10.9. The Morgan fingerprint density at radius 3 is 1.12 bits per heavy atom. The van der Waals surface area contributed by atoms with Gasteiger partial charge in [0.25, 0.3) is 0 Å². The van der Waals surface area contributed by atoms with Crippen LogP contribution >= 0.6 is 0 Å². The van der Waals surface area contributed by atoms with E-state index in [9.17, 15) is 15.3 Å². The Kier molecular flexibility index (Phi) is 6.88. The van der Waals surface area contributed by atoms with E-state index < -0.39 is 0 Å². The SMILES string of the molecule is COc1cc2c(cc1CO)Cc1cc(CO)c(CO)cc1Cc1cc(OC)c(OC)cc1C2. The molecule has 0 spiro atoms. The number of benzene rings is 3. The summed E-state index contributed by atoms with van der Waals surface area (Å²) in [6.45, 7) is -0.386. The molecule has 0 bridgehead atoms. The lowest BCUT2D eigenvalue weighted by molar-refractivity contribution is 0.260. The molecule has 0 heterocycles. The summed E-state index contributed by atoms with van der Waals surface area (Å²) in [5.41, 5.74) is 8.74. The van der Waals surface area contributed by atoms with E-state index in [1.807, 2.05) is 36.4 Å². The van der Waals surface area contributed by atoms with Gasteiger partial charge in [0.15, 0.2) is 11.5 Å². The van der Waals surface area contributed by atoms with E-state index in [0.29, 0.717) is 36.5 Å². The Hall–Kier alpha value is -3.06. The first kappa shape index (κ1) is 23.1. The number of methoxy groups -OCH3 is 3.